The number of rotatable bonds is 4. The highest BCUT2D eigenvalue weighted by molar-refractivity contribution is 6.19. The molecule has 1 amide bonds. The molecule has 0 bridgehead atoms. The molecule has 0 atom stereocenters. The standard InChI is InChI=1S/C19H19N3O2/c1-22(2)15-9-7-13(8-10-15)11-17-19(23)21-18(20-17)14-5-4-6-16(12-14)24-3/h4-12H,1-3H3,(H,20,21,23)/b17-11+. The molecular weight excluding hydrogens is 302 g/mol. The zero-order chi connectivity index (χ0) is 17.1. The van der Waals surface area contributed by atoms with Crippen LogP contribution in [0, 0.1) is 0 Å². The van der Waals surface area contributed by atoms with Gasteiger partial charge in [0.2, 0.25) is 0 Å². The lowest BCUT2D eigenvalue weighted by atomic mass is 10.1. The van der Waals surface area contributed by atoms with Crippen molar-refractivity contribution in [3.8, 4) is 5.75 Å². The third kappa shape index (κ3) is 3.30. The van der Waals surface area contributed by atoms with Crippen LogP contribution in [0.4, 0.5) is 5.69 Å². The highest BCUT2D eigenvalue weighted by Gasteiger charge is 2.21. The Morgan fingerprint density at radius 3 is 2.54 bits per heavy atom. The van der Waals surface area contributed by atoms with Crippen molar-refractivity contribution in [1.82, 2.24) is 5.32 Å². The zero-order valence-corrected chi connectivity index (χ0v) is 13.9. The molecule has 0 spiro atoms. The number of amides is 1. The Balaban J connectivity index is 1.88. The van der Waals surface area contributed by atoms with Gasteiger partial charge in [0.15, 0.2) is 0 Å². The summed E-state index contributed by atoms with van der Waals surface area (Å²) in [7, 11) is 5.59. The summed E-state index contributed by atoms with van der Waals surface area (Å²) >= 11 is 0. The van der Waals surface area contributed by atoms with Gasteiger partial charge in [-0.1, -0.05) is 24.3 Å². The Morgan fingerprint density at radius 1 is 1.12 bits per heavy atom. The molecule has 1 aliphatic heterocycles. The van der Waals surface area contributed by atoms with E-state index in [0.717, 1.165) is 22.6 Å². The molecule has 122 valence electrons. The van der Waals surface area contributed by atoms with Gasteiger partial charge in [0, 0.05) is 25.3 Å². The molecule has 1 N–H and O–H groups in total. The molecular formula is C19H19N3O2. The van der Waals surface area contributed by atoms with E-state index in [-0.39, 0.29) is 5.91 Å². The van der Waals surface area contributed by atoms with Crippen molar-refractivity contribution >= 4 is 23.5 Å². The second kappa shape index (κ2) is 6.58. The topological polar surface area (TPSA) is 53.9 Å². The first kappa shape index (κ1) is 15.8. The van der Waals surface area contributed by atoms with Gasteiger partial charge in [-0.25, -0.2) is 4.99 Å². The Bertz CT molecular complexity index is 821. The molecule has 2 aromatic rings. The van der Waals surface area contributed by atoms with Crippen LogP contribution in [0.3, 0.4) is 0 Å². The summed E-state index contributed by atoms with van der Waals surface area (Å²) in [5, 5.41) is 2.80. The summed E-state index contributed by atoms with van der Waals surface area (Å²) in [6.07, 6.45) is 1.78. The number of methoxy groups -OCH3 is 1. The van der Waals surface area contributed by atoms with E-state index in [1.807, 2.05) is 67.5 Å². The Labute approximate surface area is 141 Å². The Kier molecular flexibility index (Phi) is 4.33. The van der Waals surface area contributed by atoms with Gasteiger partial charge in [0.1, 0.15) is 17.3 Å². The van der Waals surface area contributed by atoms with Crippen molar-refractivity contribution in [2.75, 3.05) is 26.1 Å². The summed E-state index contributed by atoms with van der Waals surface area (Å²) in [5.41, 5.74) is 3.24. The minimum Gasteiger partial charge on any atom is -0.497 e. The van der Waals surface area contributed by atoms with Gasteiger partial charge in [-0.2, -0.15) is 0 Å². The Morgan fingerprint density at radius 2 is 1.88 bits per heavy atom. The second-order valence-electron chi connectivity index (χ2n) is 5.66. The first-order valence-corrected chi connectivity index (χ1v) is 7.60. The largest absolute Gasteiger partial charge is 0.497 e. The summed E-state index contributed by atoms with van der Waals surface area (Å²) < 4.78 is 5.21. The minimum absolute atomic E-state index is 0.204. The van der Waals surface area contributed by atoms with Crippen molar-refractivity contribution in [3.63, 3.8) is 0 Å². The predicted molar refractivity (Wildman–Crippen MR) is 96.4 cm³/mol. The van der Waals surface area contributed by atoms with E-state index in [4.69, 9.17) is 4.74 Å². The van der Waals surface area contributed by atoms with Gasteiger partial charge in [-0.15, -0.1) is 0 Å². The molecule has 0 unspecified atom stereocenters. The van der Waals surface area contributed by atoms with Gasteiger partial charge >= 0.3 is 0 Å². The first-order valence-electron chi connectivity index (χ1n) is 7.60. The fourth-order valence-corrected chi connectivity index (χ4v) is 2.40. The molecule has 0 saturated carbocycles. The SMILES string of the molecule is COc1cccc(C2=N/C(=C/c3ccc(N(C)C)cc3)C(=O)N2)c1. The van der Waals surface area contributed by atoms with Crippen molar-refractivity contribution < 1.29 is 9.53 Å². The zero-order valence-electron chi connectivity index (χ0n) is 13.9. The molecule has 2 aromatic carbocycles. The molecule has 5 heteroatoms. The van der Waals surface area contributed by atoms with Gasteiger partial charge in [0.05, 0.1) is 7.11 Å². The van der Waals surface area contributed by atoms with Crippen LogP contribution < -0.4 is 15.0 Å². The number of hydrogen-bond donors (Lipinski definition) is 1. The first-order chi connectivity index (χ1) is 11.6. The number of carbonyl (C=O) groups is 1. The van der Waals surface area contributed by atoms with Crippen LogP contribution >= 0.6 is 0 Å². The summed E-state index contributed by atoms with van der Waals surface area (Å²) in [5.74, 6) is 1.06. The van der Waals surface area contributed by atoms with Gasteiger partial charge in [-0.3, -0.25) is 4.79 Å². The molecule has 1 aliphatic rings. The van der Waals surface area contributed by atoms with Crippen LogP contribution in [0.25, 0.3) is 6.08 Å². The van der Waals surface area contributed by atoms with Crippen molar-refractivity contribution in [2.45, 2.75) is 0 Å². The fraction of sp³-hybridized carbons (Fsp3) is 0.158. The Hall–Kier alpha value is -3.08. The van der Waals surface area contributed by atoms with Gasteiger partial charge in [0.25, 0.3) is 5.91 Å². The number of ether oxygens (including phenoxy) is 1. The van der Waals surface area contributed by atoms with E-state index in [1.54, 1.807) is 13.2 Å². The lowest BCUT2D eigenvalue weighted by Gasteiger charge is -2.11. The van der Waals surface area contributed by atoms with Crippen molar-refractivity contribution in [2.24, 2.45) is 4.99 Å². The highest BCUT2D eigenvalue weighted by atomic mass is 16.5. The van der Waals surface area contributed by atoms with Crippen LogP contribution in [-0.2, 0) is 4.79 Å². The van der Waals surface area contributed by atoms with Crippen LogP contribution in [-0.4, -0.2) is 32.9 Å². The van der Waals surface area contributed by atoms with E-state index in [0.29, 0.717) is 11.5 Å². The summed E-state index contributed by atoms with van der Waals surface area (Å²) in [4.78, 5) is 18.6. The summed E-state index contributed by atoms with van der Waals surface area (Å²) in [6, 6.07) is 15.4. The molecule has 0 aliphatic carbocycles. The van der Waals surface area contributed by atoms with Crippen LogP contribution in [0.15, 0.2) is 59.2 Å². The quantitative estimate of drug-likeness (QED) is 0.881. The third-order valence-corrected chi connectivity index (χ3v) is 3.75. The maximum Gasteiger partial charge on any atom is 0.275 e. The molecule has 0 radical (unpaired) electrons. The average Bonchev–Trinajstić information content (AvgIpc) is 2.96. The van der Waals surface area contributed by atoms with Gasteiger partial charge in [-0.05, 0) is 35.9 Å². The maximum atomic E-state index is 12.2. The van der Waals surface area contributed by atoms with E-state index >= 15 is 0 Å². The number of anilines is 1. The molecule has 1 heterocycles. The van der Waals surface area contributed by atoms with Crippen molar-refractivity contribution in [1.29, 1.82) is 0 Å². The number of amidine groups is 1. The van der Waals surface area contributed by atoms with Crippen molar-refractivity contribution in [3.05, 3.63) is 65.4 Å². The lowest BCUT2D eigenvalue weighted by molar-refractivity contribution is -0.115. The van der Waals surface area contributed by atoms with Crippen LogP contribution in [0.5, 0.6) is 5.75 Å². The fourth-order valence-electron chi connectivity index (χ4n) is 2.40. The van der Waals surface area contributed by atoms with E-state index in [9.17, 15) is 4.79 Å². The van der Waals surface area contributed by atoms with E-state index in [1.165, 1.54) is 0 Å². The smallest absolute Gasteiger partial charge is 0.275 e. The van der Waals surface area contributed by atoms with E-state index < -0.39 is 0 Å². The summed E-state index contributed by atoms with van der Waals surface area (Å²) in [6.45, 7) is 0. The molecule has 3 rings (SSSR count). The molecule has 5 nitrogen and oxygen atoms in total. The minimum atomic E-state index is -0.204. The number of nitrogens with one attached hydrogen (secondary N) is 1. The second-order valence-corrected chi connectivity index (χ2v) is 5.66. The number of carbonyl (C=O) groups excluding carboxylic acids is 1. The molecule has 0 saturated heterocycles. The molecule has 0 fully saturated rings. The average molecular weight is 321 g/mol. The van der Waals surface area contributed by atoms with Crippen LogP contribution in [0.2, 0.25) is 0 Å². The molecule has 0 aromatic heterocycles. The number of nitrogens with zero attached hydrogens (tertiary/aromatic N) is 2. The lowest BCUT2D eigenvalue weighted by Crippen LogP contribution is -2.24. The third-order valence-electron chi connectivity index (χ3n) is 3.75. The normalized spacial score (nSPS) is 15.2. The van der Waals surface area contributed by atoms with Crippen LogP contribution in [0.1, 0.15) is 11.1 Å². The monoisotopic (exact) mass is 321 g/mol. The number of hydrogen-bond acceptors (Lipinski definition) is 4. The molecule has 24 heavy (non-hydrogen) atoms. The number of aliphatic imine (C=N–C) groups is 1. The predicted octanol–water partition coefficient (Wildman–Crippen LogP) is 2.68. The number of benzene rings is 2. The van der Waals surface area contributed by atoms with Gasteiger partial charge < -0.3 is 15.0 Å². The maximum absolute atomic E-state index is 12.2. The van der Waals surface area contributed by atoms with E-state index in [2.05, 4.69) is 10.3 Å². The highest BCUT2D eigenvalue weighted by Crippen LogP contribution is 2.19.